The van der Waals surface area contributed by atoms with Crippen LogP contribution in [0.2, 0.25) is 0 Å². The van der Waals surface area contributed by atoms with E-state index in [2.05, 4.69) is 10.6 Å². The second-order valence-electron chi connectivity index (χ2n) is 5.62. The first kappa shape index (κ1) is 17.2. The third-order valence-electron chi connectivity index (χ3n) is 3.50. The number of nitrogens with one attached hydrogen (secondary N) is 2. The van der Waals surface area contributed by atoms with Gasteiger partial charge in [-0.2, -0.15) is 0 Å². The molecular weight excluding hydrogens is 266 g/mol. The lowest BCUT2D eigenvalue weighted by Gasteiger charge is -2.17. The molecule has 4 N–H and O–H groups in total. The summed E-state index contributed by atoms with van der Waals surface area (Å²) < 4.78 is 0. The van der Waals surface area contributed by atoms with Crippen LogP contribution in [0, 0.1) is 11.8 Å². The largest absolute Gasteiger partial charge is 0.326 e. The van der Waals surface area contributed by atoms with E-state index in [1.54, 1.807) is 24.3 Å². The minimum absolute atomic E-state index is 0.0365. The van der Waals surface area contributed by atoms with Gasteiger partial charge in [0, 0.05) is 17.3 Å². The minimum Gasteiger partial charge on any atom is -0.326 e. The lowest BCUT2D eigenvalue weighted by atomic mass is 9.99. The van der Waals surface area contributed by atoms with Crippen LogP contribution >= 0.6 is 0 Å². The predicted molar refractivity (Wildman–Crippen MR) is 86.0 cm³/mol. The molecule has 0 saturated heterocycles. The van der Waals surface area contributed by atoms with E-state index in [4.69, 9.17) is 5.73 Å². The number of rotatable bonds is 6. The van der Waals surface area contributed by atoms with Crippen molar-refractivity contribution in [3.8, 4) is 0 Å². The number of carbonyl (C=O) groups excluding carboxylic acids is 2. The maximum atomic E-state index is 12.0. The minimum atomic E-state index is -0.518. The Morgan fingerprint density at radius 1 is 1.00 bits per heavy atom. The summed E-state index contributed by atoms with van der Waals surface area (Å²) in [6, 6.07) is 6.49. The fourth-order valence-corrected chi connectivity index (χ4v) is 1.66. The van der Waals surface area contributed by atoms with E-state index in [1.165, 1.54) is 0 Å². The second-order valence-corrected chi connectivity index (χ2v) is 5.62. The van der Waals surface area contributed by atoms with Gasteiger partial charge in [0.1, 0.15) is 0 Å². The van der Waals surface area contributed by atoms with Gasteiger partial charge in [0.2, 0.25) is 11.8 Å². The lowest BCUT2D eigenvalue weighted by Crippen LogP contribution is -2.40. The molecule has 1 rings (SSSR count). The fraction of sp³-hybridized carbons (Fsp3) is 0.500. The van der Waals surface area contributed by atoms with Crippen molar-refractivity contribution in [2.24, 2.45) is 17.6 Å². The van der Waals surface area contributed by atoms with Crippen LogP contribution in [0.4, 0.5) is 11.4 Å². The van der Waals surface area contributed by atoms with Gasteiger partial charge in [-0.25, -0.2) is 0 Å². The average Bonchev–Trinajstić information content (AvgIpc) is 2.47. The molecule has 1 aromatic carbocycles. The van der Waals surface area contributed by atoms with E-state index < -0.39 is 6.04 Å². The molecule has 5 heteroatoms. The third kappa shape index (κ3) is 5.19. The van der Waals surface area contributed by atoms with E-state index >= 15 is 0 Å². The quantitative estimate of drug-likeness (QED) is 0.753. The summed E-state index contributed by atoms with van der Waals surface area (Å²) in [6.45, 7) is 7.62. The molecule has 0 radical (unpaired) electrons. The molecular formula is C16H25N3O2. The molecule has 0 unspecified atom stereocenters. The Kier molecular flexibility index (Phi) is 6.37. The lowest BCUT2D eigenvalue weighted by molar-refractivity contribution is -0.119. The number of hydrogen-bond acceptors (Lipinski definition) is 3. The standard InChI is InChI=1S/C16H25N3O2/c1-5-11(4)14(17)16(21)19-13-8-6-12(7-9-13)18-15(20)10(2)3/h6-11,14H,5,17H2,1-4H3,(H,18,20)(H,19,21)/t11-,14-/m0/s1. The van der Waals surface area contributed by atoms with Gasteiger partial charge in [0.25, 0.3) is 0 Å². The first-order valence-electron chi connectivity index (χ1n) is 7.32. The molecule has 5 nitrogen and oxygen atoms in total. The van der Waals surface area contributed by atoms with Gasteiger partial charge in [-0.3, -0.25) is 9.59 Å². The molecule has 116 valence electrons. The van der Waals surface area contributed by atoms with Crippen LogP contribution in [0.5, 0.6) is 0 Å². The highest BCUT2D eigenvalue weighted by Crippen LogP contribution is 2.15. The van der Waals surface area contributed by atoms with Crippen LogP contribution in [0.25, 0.3) is 0 Å². The summed E-state index contributed by atoms with van der Waals surface area (Å²) in [7, 11) is 0. The van der Waals surface area contributed by atoms with Gasteiger partial charge >= 0.3 is 0 Å². The van der Waals surface area contributed by atoms with Crippen LogP contribution < -0.4 is 16.4 Å². The summed E-state index contributed by atoms with van der Waals surface area (Å²) in [6.07, 6.45) is 0.856. The molecule has 0 aliphatic carbocycles. The summed E-state index contributed by atoms with van der Waals surface area (Å²) in [4.78, 5) is 23.5. The van der Waals surface area contributed by atoms with Gasteiger partial charge in [0.05, 0.1) is 6.04 Å². The maximum absolute atomic E-state index is 12.0. The van der Waals surface area contributed by atoms with Crippen molar-refractivity contribution in [1.82, 2.24) is 0 Å². The first-order chi connectivity index (χ1) is 9.85. The normalized spacial score (nSPS) is 13.6. The van der Waals surface area contributed by atoms with Gasteiger partial charge in [-0.15, -0.1) is 0 Å². The van der Waals surface area contributed by atoms with Crippen LogP contribution in [-0.2, 0) is 9.59 Å². The maximum Gasteiger partial charge on any atom is 0.241 e. The summed E-state index contributed by atoms with van der Waals surface area (Å²) in [5.74, 6) is -0.165. The van der Waals surface area contributed by atoms with E-state index in [1.807, 2.05) is 27.7 Å². The zero-order valence-corrected chi connectivity index (χ0v) is 13.1. The first-order valence-corrected chi connectivity index (χ1v) is 7.32. The van der Waals surface area contributed by atoms with E-state index in [0.29, 0.717) is 11.4 Å². The Bertz CT molecular complexity index is 483. The highest BCUT2D eigenvalue weighted by atomic mass is 16.2. The Morgan fingerprint density at radius 2 is 1.43 bits per heavy atom. The van der Waals surface area contributed by atoms with E-state index in [9.17, 15) is 9.59 Å². The average molecular weight is 291 g/mol. The topological polar surface area (TPSA) is 84.2 Å². The SMILES string of the molecule is CC[C@H](C)[C@H](N)C(=O)Nc1ccc(NC(=O)C(C)C)cc1. The van der Waals surface area contributed by atoms with Crippen molar-refractivity contribution in [2.75, 3.05) is 10.6 Å². The van der Waals surface area contributed by atoms with Crippen LogP contribution in [0.3, 0.4) is 0 Å². The number of anilines is 2. The Labute approximate surface area is 126 Å². The summed E-state index contributed by atoms with van der Waals surface area (Å²) in [5, 5.41) is 5.58. The molecule has 0 aliphatic rings. The van der Waals surface area contributed by atoms with Crippen molar-refractivity contribution in [2.45, 2.75) is 40.2 Å². The van der Waals surface area contributed by atoms with Crippen LogP contribution in [0.15, 0.2) is 24.3 Å². The Morgan fingerprint density at radius 3 is 1.81 bits per heavy atom. The molecule has 1 aromatic rings. The molecule has 0 spiro atoms. The molecule has 21 heavy (non-hydrogen) atoms. The van der Waals surface area contributed by atoms with Crippen LogP contribution in [0.1, 0.15) is 34.1 Å². The Hall–Kier alpha value is -1.88. The molecule has 0 bridgehead atoms. The molecule has 0 aliphatic heterocycles. The molecule has 0 fully saturated rings. The molecule has 2 atom stereocenters. The van der Waals surface area contributed by atoms with E-state index in [-0.39, 0.29) is 23.7 Å². The van der Waals surface area contributed by atoms with Gasteiger partial charge < -0.3 is 16.4 Å². The fourth-order valence-electron chi connectivity index (χ4n) is 1.66. The molecule has 0 saturated carbocycles. The zero-order chi connectivity index (χ0) is 16.0. The number of benzene rings is 1. The Balaban J connectivity index is 2.62. The van der Waals surface area contributed by atoms with Crippen molar-refractivity contribution in [1.29, 1.82) is 0 Å². The third-order valence-corrected chi connectivity index (χ3v) is 3.50. The van der Waals surface area contributed by atoms with Crippen molar-refractivity contribution < 1.29 is 9.59 Å². The van der Waals surface area contributed by atoms with Crippen molar-refractivity contribution in [3.05, 3.63) is 24.3 Å². The van der Waals surface area contributed by atoms with E-state index in [0.717, 1.165) is 6.42 Å². The summed E-state index contributed by atoms with van der Waals surface area (Å²) >= 11 is 0. The number of hydrogen-bond donors (Lipinski definition) is 3. The van der Waals surface area contributed by atoms with Crippen LogP contribution in [-0.4, -0.2) is 17.9 Å². The predicted octanol–water partition coefficient (Wildman–Crippen LogP) is 2.59. The molecule has 0 heterocycles. The highest BCUT2D eigenvalue weighted by molar-refractivity contribution is 5.95. The van der Waals surface area contributed by atoms with Crippen molar-refractivity contribution >= 4 is 23.2 Å². The molecule has 2 amide bonds. The van der Waals surface area contributed by atoms with Gasteiger partial charge in [0.15, 0.2) is 0 Å². The van der Waals surface area contributed by atoms with Crippen molar-refractivity contribution in [3.63, 3.8) is 0 Å². The molecule has 0 aromatic heterocycles. The second kappa shape index (κ2) is 7.78. The monoisotopic (exact) mass is 291 g/mol. The zero-order valence-electron chi connectivity index (χ0n) is 13.1. The highest BCUT2D eigenvalue weighted by Gasteiger charge is 2.19. The summed E-state index contributed by atoms with van der Waals surface area (Å²) in [5.41, 5.74) is 7.25. The number of nitrogens with two attached hydrogens (primary N) is 1. The van der Waals surface area contributed by atoms with Gasteiger partial charge in [-0.1, -0.05) is 34.1 Å². The number of carbonyl (C=O) groups is 2. The van der Waals surface area contributed by atoms with Gasteiger partial charge in [-0.05, 0) is 30.2 Å². The smallest absolute Gasteiger partial charge is 0.241 e. The number of amides is 2.